The highest BCUT2D eigenvalue weighted by Crippen LogP contribution is 2.26. The van der Waals surface area contributed by atoms with E-state index in [2.05, 4.69) is 47.7 Å². The third-order valence-corrected chi connectivity index (χ3v) is 3.86. The average molecular weight is 303 g/mol. The van der Waals surface area contributed by atoms with E-state index < -0.39 is 0 Å². The van der Waals surface area contributed by atoms with Gasteiger partial charge in [-0.25, -0.2) is 4.99 Å². The van der Waals surface area contributed by atoms with E-state index in [0.29, 0.717) is 12.6 Å². The van der Waals surface area contributed by atoms with Gasteiger partial charge in [0.1, 0.15) is 5.75 Å². The highest BCUT2D eigenvalue weighted by molar-refractivity contribution is 5.79. The van der Waals surface area contributed by atoms with Gasteiger partial charge in [-0.3, -0.25) is 0 Å². The summed E-state index contributed by atoms with van der Waals surface area (Å²) in [4.78, 5) is 4.67. The van der Waals surface area contributed by atoms with E-state index >= 15 is 0 Å². The number of nitrogens with zero attached hydrogens (tertiary/aromatic N) is 1. The SMILES string of the molecule is CCCNC(=NCc1ccccc1OC1CCCC1)NCC. The molecule has 0 unspecified atom stereocenters. The standard InChI is InChI=1S/C18H29N3O/c1-3-13-20-18(19-4-2)21-14-15-9-5-8-12-17(15)22-16-10-6-7-11-16/h5,8-9,12,16H,3-4,6-7,10-11,13-14H2,1-2H3,(H2,19,20,21). The van der Waals surface area contributed by atoms with Crippen LogP contribution >= 0.6 is 0 Å². The summed E-state index contributed by atoms with van der Waals surface area (Å²) >= 11 is 0. The van der Waals surface area contributed by atoms with Crippen LogP contribution < -0.4 is 15.4 Å². The molecule has 1 aliphatic rings. The summed E-state index contributed by atoms with van der Waals surface area (Å²) < 4.78 is 6.17. The van der Waals surface area contributed by atoms with Gasteiger partial charge in [-0.2, -0.15) is 0 Å². The van der Waals surface area contributed by atoms with Gasteiger partial charge in [-0.15, -0.1) is 0 Å². The highest BCUT2D eigenvalue weighted by Gasteiger charge is 2.17. The van der Waals surface area contributed by atoms with Gasteiger partial charge >= 0.3 is 0 Å². The van der Waals surface area contributed by atoms with E-state index in [1.165, 1.54) is 25.7 Å². The van der Waals surface area contributed by atoms with Crippen molar-refractivity contribution in [1.29, 1.82) is 0 Å². The molecule has 22 heavy (non-hydrogen) atoms. The lowest BCUT2D eigenvalue weighted by atomic mass is 10.2. The van der Waals surface area contributed by atoms with Crippen molar-refractivity contribution in [3.8, 4) is 5.75 Å². The van der Waals surface area contributed by atoms with Crippen molar-refractivity contribution in [3.63, 3.8) is 0 Å². The summed E-state index contributed by atoms with van der Waals surface area (Å²) in [5.41, 5.74) is 1.16. The predicted molar refractivity (Wildman–Crippen MR) is 92.4 cm³/mol. The second-order valence-corrected chi connectivity index (χ2v) is 5.75. The minimum absolute atomic E-state index is 0.386. The molecule has 122 valence electrons. The molecule has 0 saturated heterocycles. The Morgan fingerprint density at radius 3 is 2.68 bits per heavy atom. The van der Waals surface area contributed by atoms with Crippen LogP contribution in [-0.2, 0) is 6.54 Å². The zero-order chi connectivity index (χ0) is 15.6. The van der Waals surface area contributed by atoms with Crippen molar-refractivity contribution in [2.24, 2.45) is 4.99 Å². The monoisotopic (exact) mass is 303 g/mol. The summed E-state index contributed by atoms with van der Waals surface area (Å²) in [7, 11) is 0. The summed E-state index contributed by atoms with van der Waals surface area (Å²) in [5, 5.41) is 6.61. The fourth-order valence-corrected chi connectivity index (χ4v) is 2.68. The average Bonchev–Trinajstić information content (AvgIpc) is 3.04. The van der Waals surface area contributed by atoms with Crippen molar-refractivity contribution >= 4 is 5.96 Å². The van der Waals surface area contributed by atoms with Crippen LogP contribution in [0.3, 0.4) is 0 Å². The van der Waals surface area contributed by atoms with Gasteiger partial charge < -0.3 is 15.4 Å². The number of hydrogen-bond acceptors (Lipinski definition) is 2. The number of guanidine groups is 1. The number of hydrogen-bond donors (Lipinski definition) is 2. The molecule has 0 bridgehead atoms. The number of aliphatic imine (C=N–C) groups is 1. The molecule has 0 aliphatic heterocycles. The van der Waals surface area contributed by atoms with Gasteiger partial charge in [-0.05, 0) is 45.1 Å². The van der Waals surface area contributed by atoms with Crippen LogP contribution in [0.5, 0.6) is 5.75 Å². The normalized spacial score (nSPS) is 15.8. The number of rotatable bonds is 7. The molecule has 2 N–H and O–H groups in total. The minimum atomic E-state index is 0.386. The molecule has 4 nitrogen and oxygen atoms in total. The highest BCUT2D eigenvalue weighted by atomic mass is 16.5. The molecule has 0 aromatic heterocycles. The van der Waals surface area contributed by atoms with E-state index in [9.17, 15) is 0 Å². The van der Waals surface area contributed by atoms with Crippen molar-refractivity contribution in [2.75, 3.05) is 13.1 Å². The Hall–Kier alpha value is -1.71. The largest absolute Gasteiger partial charge is 0.490 e. The number of para-hydroxylation sites is 1. The van der Waals surface area contributed by atoms with Gasteiger partial charge in [0.15, 0.2) is 5.96 Å². The molecular weight excluding hydrogens is 274 g/mol. The first-order chi connectivity index (χ1) is 10.8. The van der Waals surface area contributed by atoms with Crippen LogP contribution in [-0.4, -0.2) is 25.2 Å². The lowest BCUT2D eigenvalue weighted by Gasteiger charge is -2.16. The van der Waals surface area contributed by atoms with Crippen molar-refractivity contribution in [3.05, 3.63) is 29.8 Å². The molecule has 0 radical (unpaired) electrons. The zero-order valence-electron chi connectivity index (χ0n) is 13.9. The Balaban J connectivity index is 2.00. The Kier molecular flexibility index (Phi) is 7.07. The van der Waals surface area contributed by atoms with E-state index in [4.69, 9.17) is 4.74 Å². The van der Waals surface area contributed by atoms with E-state index in [0.717, 1.165) is 36.8 Å². The molecular formula is C18H29N3O. The molecule has 1 aliphatic carbocycles. The lowest BCUT2D eigenvalue weighted by Crippen LogP contribution is -2.37. The summed E-state index contributed by atoms with van der Waals surface area (Å²) in [5.74, 6) is 1.87. The van der Waals surface area contributed by atoms with Gasteiger partial charge in [0, 0.05) is 18.7 Å². The maximum absolute atomic E-state index is 6.17. The molecule has 1 saturated carbocycles. The Morgan fingerprint density at radius 1 is 1.18 bits per heavy atom. The third kappa shape index (κ3) is 5.24. The van der Waals surface area contributed by atoms with Gasteiger partial charge in [0.2, 0.25) is 0 Å². The molecule has 0 atom stereocenters. The fourth-order valence-electron chi connectivity index (χ4n) is 2.68. The second kappa shape index (κ2) is 9.34. The van der Waals surface area contributed by atoms with Crippen LogP contribution in [0.25, 0.3) is 0 Å². The minimum Gasteiger partial charge on any atom is -0.490 e. The Labute approximate surface area is 134 Å². The third-order valence-electron chi connectivity index (χ3n) is 3.86. The lowest BCUT2D eigenvalue weighted by molar-refractivity contribution is 0.208. The summed E-state index contributed by atoms with van der Waals surface area (Å²) in [6.07, 6.45) is 6.41. The van der Waals surface area contributed by atoms with E-state index in [1.807, 2.05) is 6.07 Å². The van der Waals surface area contributed by atoms with Crippen LogP contribution in [0.1, 0.15) is 51.5 Å². The molecule has 0 spiro atoms. The first-order valence-electron chi connectivity index (χ1n) is 8.60. The van der Waals surface area contributed by atoms with Gasteiger partial charge in [-0.1, -0.05) is 25.1 Å². The number of nitrogens with one attached hydrogen (secondary N) is 2. The predicted octanol–water partition coefficient (Wildman–Crippen LogP) is 3.47. The number of benzene rings is 1. The van der Waals surface area contributed by atoms with E-state index in [-0.39, 0.29) is 0 Å². The maximum atomic E-state index is 6.17. The maximum Gasteiger partial charge on any atom is 0.191 e. The smallest absolute Gasteiger partial charge is 0.191 e. The van der Waals surface area contributed by atoms with Crippen LogP contribution in [0.15, 0.2) is 29.3 Å². The van der Waals surface area contributed by atoms with Crippen molar-refractivity contribution in [1.82, 2.24) is 10.6 Å². The zero-order valence-corrected chi connectivity index (χ0v) is 13.9. The van der Waals surface area contributed by atoms with Gasteiger partial charge in [0.05, 0.1) is 12.6 Å². The van der Waals surface area contributed by atoms with Crippen LogP contribution in [0.4, 0.5) is 0 Å². The van der Waals surface area contributed by atoms with Crippen molar-refractivity contribution in [2.45, 2.75) is 58.6 Å². The quantitative estimate of drug-likeness (QED) is 0.599. The molecule has 1 aromatic rings. The first kappa shape index (κ1) is 16.7. The summed E-state index contributed by atoms with van der Waals surface area (Å²) in [6.45, 7) is 6.69. The van der Waals surface area contributed by atoms with Crippen LogP contribution in [0.2, 0.25) is 0 Å². The molecule has 0 heterocycles. The second-order valence-electron chi connectivity index (χ2n) is 5.75. The first-order valence-corrected chi connectivity index (χ1v) is 8.60. The van der Waals surface area contributed by atoms with Gasteiger partial charge in [0.25, 0.3) is 0 Å². The van der Waals surface area contributed by atoms with Crippen molar-refractivity contribution < 1.29 is 4.74 Å². The number of ether oxygens (including phenoxy) is 1. The molecule has 4 heteroatoms. The molecule has 1 fully saturated rings. The summed E-state index contributed by atoms with van der Waals surface area (Å²) in [6, 6.07) is 8.27. The van der Waals surface area contributed by atoms with E-state index in [1.54, 1.807) is 0 Å². The Morgan fingerprint density at radius 2 is 1.95 bits per heavy atom. The fraction of sp³-hybridized carbons (Fsp3) is 0.611. The molecule has 2 rings (SSSR count). The molecule has 1 aromatic carbocycles. The molecule has 0 amide bonds. The Bertz CT molecular complexity index is 467. The van der Waals surface area contributed by atoms with Crippen LogP contribution in [0, 0.1) is 0 Å². The topological polar surface area (TPSA) is 45.7 Å².